The fourth-order valence-corrected chi connectivity index (χ4v) is 1.12. The van der Waals surface area contributed by atoms with Crippen LogP contribution in [0, 0.1) is 0 Å². The lowest BCUT2D eigenvalue weighted by Gasteiger charge is -2.23. The highest BCUT2D eigenvalue weighted by Gasteiger charge is 2.21. The molecule has 0 radical (unpaired) electrons. The first-order valence-corrected chi connectivity index (χ1v) is 4.27. The topological polar surface area (TPSA) is 40.6 Å². The molecule has 0 bridgehead atoms. The van der Waals surface area contributed by atoms with E-state index in [2.05, 4.69) is 0 Å². The van der Waals surface area contributed by atoms with Gasteiger partial charge >= 0.3 is 0 Å². The first-order valence-electron chi connectivity index (χ1n) is 4.27. The van der Waals surface area contributed by atoms with Gasteiger partial charge in [-0.1, -0.05) is 6.08 Å². The summed E-state index contributed by atoms with van der Waals surface area (Å²) in [4.78, 5) is 25.7. The van der Waals surface area contributed by atoms with Crippen LogP contribution in [-0.4, -0.2) is 48.8 Å². The quantitative estimate of drug-likeness (QED) is 0.570. The molecule has 0 N–H and O–H groups in total. The van der Waals surface area contributed by atoms with Gasteiger partial charge in [0.2, 0.25) is 5.91 Å². The summed E-state index contributed by atoms with van der Waals surface area (Å²) < 4.78 is 0. The van der Waals surface area contributed by atoms with Gasteiger partial charge in [-0.2, -0.15) is 0 Å². The molecule has 1 rings (SSSR count). The third kappa shape index (κ3) is 2.66. The van der Waals surface area contributed by atoms with E-state index in [1.54, 1.807) is 6.08 Å². The van der Waals surface area contributed by atoms with E-state index >= 15 is 0 Å². The Labute approximate surface area is 77.8 Å². The van der Waals surface area contributed by atoms with Gasteiger partial charge in [-0.25, -0.2) is 0 Å². The first kappa shape index (κ1) is 9.92. The lowest BCUT2D eigenvalue weighted by Crippen LogP contribution is -2.41. The van der Waals surface area contributed by atoms with Gasteiger partial charge in [0.05, 0.1) is 0 Å². The van der Waals surface area contributed by atoms with Crippen molar-refractivity contribution in [3.63, 3.8) is 0 Å². The van der Waals surface area contributed by atoms with Crippen molar-refractivity contribution in [1.29, 1.82) is 0 Å². The molecule has 0 atom stereocenters. The molecule has 0 fully saturated rings. The summed E-state index contributed by atoms with van der Waals surface area (Å²) in [6, 6.07) is 0. The van der Waals surface area contributed by atoms with Crippen LogP contribution in [0.5, 0.6) is 0 Å². The molecule has 13 heavy (non-hydrogen) atoms. The standard InChI is InChI=1S/C9H14N2O2/c1-10(2)6-7-11-8(12)4-3-5-9(11)13/h3-4H,5-7H2,1-2H3. The maximum Gasteiger partial charge on any atom is 0.252 e. The molecule has 1 aliphatic rings. The molecule has 4 heteroatoms. The maximum absolute atomic E-state index is 11.3. The number of imide groups is 1. The number of amides is 2. The number of carbonyl (C=O) groups excluding carboxylic acids is 2. The van der Waals surface area contributed by atoms with Gasteiger partial charge in [0, 0.05) is 25.6 Å². The van der Waals surface area contributed by atoms with Crippen LogP contribution in [0.1, 0.15) is 6.42 Å². The van der Waals surface area contributed by atoms with E-state index in [1.165, 1.54) is 11.0 Å². The third-order valence-corrected chi connectivity index (χ3v) is 1.89. The zero-order chi connectivity index (χ0) is 9.84. The van der Waals surface area contributed by atoms with Gasteiger partial charge in [-0.15, -0.1) is 0 Å². The van der Waals surface area contributed by atoms with Crippen LogP contribution < -0.4 is 0 Å². The SMILES string of the molecule is CN(C)CCN1C(=O)C=CCC1=O. The zero-order valence-corrected chi connectivity index (χ0v) is 7.99. The maximum atomic E-state index is 11.3. The van der Waals surface area contributed by atoms with Crippen LogP contribution >= 0.6 is 0 Å². The molecule has 1 heterocycles. The summed E-state index contributed by atoms with van der Waals surface area (Å²) in [5.74, 6) is -0.299. The molecule has 0 saturated carbocycles. The predicted molar refractivity (Wildman–Crippen MR) is 49.0 cm³/mol. The van der Waals surface area contributed by atoms with E-state index in [1.807, 2.05) is 19.0 Å². The largest absolute Gasteiger partial charge is 0.308 e. The van der Waals surface area contributed by atoms with Gasteiger partial charge in [-0.05, 0) is 14.1 Å². The summed E-state index contributed by atoms with van der Waals surface area (Å²) in [6.45, 7) is 1.19. The van der Waals surface area contributed by atoms with Crippen LogP contribution in [0.2, 0.25) is 0 Å². The molecule has 1 aliphatic heterocycles. The van der Waals surface area contributed by atoms with E-state index < -0.39 is 0 Å². The summed E-state index contributed by atoms with van der Waals surface area (Å²) in [5.41, 5.74) is 0. The molecule has 2 amide bonds. The predicted octanol–water partition coefficient (Wildman–Crippen LogP) is -0.137. The lowest BCUT2D eigenvalue weighted by molar-refractivity contribution is -0.142. The number of likely N-dealkylation sites (N-methyl/N-ethyl adjacent to an activating group) is 1. The van der Waals surface area contributed by atoms with Crippen molar-refractivity contribution in [2.24, 2.45) is 0 Å². The Balaban J connectivity index is 2.52. The minimum absolute atomic E-state index is 0.102. The summed E-state index contributed by atoms with van der Waals surface area (Å²) >= 11 is 0. The number of hydrogen-bond acceptors (Lipinski definition) is 3. The van der Waals surface area contributed by atoms with Gasteiger partial charge in [0.15, 0.2) is 0 Å². The van der Waals surface area contributed by atoms with Crippen molar-refractivity contribution >= 4 is 11.8 Å². The second kappa shape index (κ2) is 4.18. The second-order valence-corrected chi connectivity index (χ2v) is 3.29. The summed E-state index contributed by atoms with van der Waals surface area (Å²) in [6.07, 6.45) is 3.41. The molecular formula is C9H14N2O2. The fraction of sp³-hybridized carbons (Fsp3) is 0.556. The normalized spacial score (nSPS) is 17.3. The smallest absolute Gasteiger partial charge is 0.252 e. The molecule has 0 saturated heterocycles. The Morgan fingerprint density at radius 2 is 2.15 bits per heavy atom. The molecule has 0 aromatic heterocycles. The highest BCUT2D eigenvalue weighted by atomic mass is 16.2. The fourth-order valence-electron chi connectivity index (χ4n) is 1.12. The van der Waals surface area contributed by atoms with E-state index in [0.717, 1.165) is 0 Å². The Morgan fingerprint density at radius 3 is 2.69 bits per heavy atom. The Bertz CT molecular complexity index is 246. The molecular weight excluding hydrogens is 168 g/mol. The number of rotatable bonds is 3. The average molecular weight is 182 g/mol. The number of carbonyl (C=O) groups is 2. The van der Waals surface area contributed by atoms with Crippen molar-refractivity contribution in [2.45, 2.75) is 6.42 Å². The summed E-state index contributed by atoms with van der Waals surface area (Å²) in [5, 5.41) is 0. The minimum atomic E-state index is -0.196. The van der Waals surface area contributed by atoms with Crippen molar-refractivity contribution < 1.29 is 9.59 Å². The number of nitrogens with zero attached hydrogens (tertiary/aromatic N) is 2. The van der Waals surface area contributed by atoms with Crippen LogP contribution in [0.4, 0.5) is 0 Å². The van der Waals surface area contributed by atoms with E-state index in [4.69, 9.17) is 0 Å². The molecule has 4 nitrogen and oxygen atoms in total. The van der Waals surface area contributed by atoms with Gasteiger partial charge in [0.25, 0.3) is 5.91 Å². The highest BCUT2D eigenvalue weighted by Crippen LogP contribution is 2.04. The number of hydrogen-bond donors (Lipinski definition) is 0. The molecule has 0 unspecified atom stereocenters. The van der Waals surface area contributed by atoms with Crippen LogP contribution in [0.15, 0.2) is 12.2 Å². The highest BCUT2D eigenvalue weighted by molar-refractivity contribution is 6.04. The van der Waals surface area contributed by atoms with Gasteiger partial charge in [0.1, 0.15) is 0 Å². The van der Waals surface area contributed by atoms with Crippen LogP contribution in [-0.2, 0) is 9.59 Å². The molecule has 0 aromatic carbocycles. The Kier molecular flexibility index (Phi) is 3.19. The second-order valence-electron chi connectivity index (χ2n) is 3.29. The summed E-state index contributed by atoms with van der Waals surface area (Å²) in [7, 11) is 3.82. The van der Waals surface area contributed by atoms with Crippen molar-refractivity contribution in [3.8, 4) is 0 Å². The Hall–Kier alpha value is -1.16. The molecule has 0 spiro atoms. The first-order chi connectivity index (χ1) is 6.11. The van der Waals surface area contributed by atoms with E-state index in [9.17, 15) is 9.59 Å². The van der Waals surface area contributed by atoms with Crippen molar-refractivity contribution in [1.82, 2.24) is 9.80 Å². The van der Waals surface area contributed by atoms with Gasteiger partial charge in [-0.3, -0.25) is 14.5 Å². The third-order valence-electron chi connectivity index (χ3n) is 1.89. The molecule has 0 aromatic rings. The minimum Gasteiger partial charge on any atom is -0.308 e. The van der Waals surface area contributed by atoms with Gasteiger partial charge < -0.3 is 4.90 Å². The van der Waals surface area contributed by atoms with Crippen molar-refractivity contribution in [3.05, 3.63) is 12.2 Å². The molecule has 0 aliphatic carbocycles. The van der Waals surface area contributed by atoms with E-state index in [-0.39, 0.29) is 11.8 Å². The van der Waals surface area contributed by atoms with E-state index in [0.29, 0.717) is 19.5 Å². The molecule has 72 valence electrons. The average Bonchev–Trinajstić information content (AvgIpc) is 2.03. The zero-order valence-electron chi connectivity index (χ0n) is 7.99. The lowest BCUT2D eigenvalue weighted by atomic mass is 10.2. The van der Waals surface area contributed by atoms with Crippen LogP contribution in [0.25, 0.3) is 0 Å². The Morgan fingerprint density at radius 1 is 1.46 bits per heavy atom. The monoisotopic (exact) mass is 182 g/mol. The van der Waals surface area contributed by atoms with Crippen LogP contribution in [0.3, 0.4) is 0 Å². The van der Waals surface area contributed by atoms with Crippen molar-refractivity contribution in [2.75, 3.05) is 27.2 Å².